The van der Waals surface area contributed by atoms with Crippen molar-refractivity contribution in [1.29, 1.82) is 0 Å². The molecule has 0 saturated carbocycles. The van der Waals surface area contributed by atoms with Gasteiger partial charge in [0.15, 0.2) is 0 Å². The number of pyridine rings is 1. The Morgan fingerprint density at radius 2 is 2.40 bits per heavy atom. The second-order valence-electron chi connectivity index (χ2n) is 1.59. The standard InChI is InChI=1S/C6H4NO2Se/c8-6(9-10)5-3-1-2-4-7-5/h1-4H. The van der Waals surface area contributed by atoms with E-state index in [2.05, 4.69) is 25.1 Å². The van der Waals surface area contributed by atoms with E-state index in [0.717, 1.165) is 0 Å². The van der Waals surface area contributed by atoms with Gasteiger partial charge < -0.3 is 0 Å². The zero-order valence-electron chi connectivity index (χ0n) is 4.98. The van der Waals surface area contributed by atoms with Crippen molar-refractivity contribution in [2.45, 2.75) is 0 Å². The van der Waals surface area contributed by atoms with Gasteiger partial charge >= 0.3 is 66.0 Å². The van der Waals surface area contributed by atoms with Gasteiger partial charge in [0.1, 0.15) is 0 Å². The summed E-state index contributed by atoms with van der Waals surface area (Å²) in [5.41, 5.74) is 0.307. The third kappa shape index (κ3) is 1.56. The van der Waals surface area contributed by atoms with E-state index in [9.17, 15) is 4.79 Å². The normalized spacial score (nSPS) is 8.90. The SMILES string of the molecule is O=C(O[Se])c1ccccn1. The van der Waals surface area contributed by atoms with Crippen LogP contribution in [0.4, 0.5) is 0 Å². The summed E-state index contributed by atoms with van der Waals surface area (Å²) < 4.78 is 4.31. The van der Waals surface area contributed by atoms with Gasteiger partial charge in [-0.1, -0.05) is 0 Å². The topological polar surface area (TPSA) is 39.2 Å². The van der Waals surface area contributed by atoms with Crippen LogP contribution < -0.4 is 0 Å². The Balaban J connectivity index is 2.85. The van der Waals surface area contributed by atoms with Crippen LogP contribution in [0.2, 0.25) is 0 Å². The van der Waals surface area contributed by atoms with Crippen molar-refractivity contribution in [3.63, 3.8) is 0 Å². The molecule has 1 heterocycles. The van der Waals surface area contributed by atoms with Gasteiger partial charge in [0, 0.05) is 0 Å². The van der Waals surface area contributed by atoms with Crippen LogP contribution in [-0.2, 0) is 3.82 Å². The summed E-state index contributed by atoms with van der Waals surface area (Å²) in [5, 5.41) is 0. The Labute approximate surface area is 66.6 Å². The number of hydrogen-bond donors (Lipinski definition) is 0. The van der Waals surface area contributed by atoms with Crippen molar-refractivity contribution in [1.82, 2.24) is 4.98 Å². The Morgan fingerprint density at radius 1 is 1.60 bits per heavy atom. The molecule has 0 aliphatic rings. The van der Waals surface area contributed by atoms with Gasteiger partial charge in [-0.25, -0.2) is 0 Å². The number of carbonyl (C=O) groups is 1. The maximum absolute atomic E-state index is 10.7. The number of rotatable bonds is 1. The van der Waals surface area contributed by atoms with Crippen LogP contribution in [0, 0.1) is 0 Å². The molecule has 1 rings (SSSR count). The van der Waals surface area contributed by atoms with E-state index in [1.54, 1.807) is 18.2 Å². The molecule has 0 N–H and O–H groups in total. The van der Waals surface area contributed by atoms with Crippen LogP contribution in [-0.4, -0.2) is 27.3 Å². The van der Waals surface area contributed by atoms with E-state index in [1.165, 1.54) is 6.20 Å². The predicted octanol–water partition coefficient (Wildman–Crippen LogP) is 0.322. The van der Waals surface area contributed by atoms with Crippen molar-refractivity contribution >= 4 is 22.3 Å². The molecule has 0 aliphatic carbocycles. The van der Waals surface area contributed by atoms with Crippen LogP contribution >= 0.6 is 0 Å². The molecule has 0 spiro atoms. The fourth-order valence-electron chi connectivity index (χ4n) is 0.526. The summed E-state index contributed by atoms with van der Waals surface area (Å²) >= 11 is 2.15. The molecule has 0 bridgehead atoms. The summed E-state index contributed by atoms with van der Waals surface area (Å²) in [6.07, 6.45) is 1.53. The molecule has 0 aliphatic heterocycles. The molecule has 0 amide bonds. The molecule has 4 heteroatoms. The molecule has 1 aromatic heterocycles. The number of nitrogens with zero attached hydrogens (tertiary/aromatic N) is 1. The Morgan fingerprint density at radius 3 is 2.90 bits per heavy atom. The monoisotopic (exact) mass is 202 g/mol. The van der Waals surface area contributed by atoms with Crippen LogP contribution in [0.15, 0.2) is 24.4 Å². The second kappa shape index (κ2) is 3.34. The zero-order valence-corrected chi connectivity index (χ0v) is 6.69. The van der Waals surface area contributed by atoms with E-state index in [1.807, 2.05) is 0 Å². The Kier molecular flexibility index (Phi) is 2.42. The summed E-state index contributed by atoms with van der Waals surface area (Å²) in [6, 6.07) is 5.04. The summed E-state index contributed by atoms with van der Waals surface area (Å²) in [5.74, 6) is -0.458. The van der Waals surface area contributed by atoms with E-state index in [0.29, 0.717) is 5.69 Å². The minimum absolute atomic E-state index is 0.307. The van der Waals surface area contributed by atoms with Gasteiger partial charge in [0.05, 0.1) is 0 Å². The maximum atomic E-state index is 10.7. The molecule has 51 valence electrons. The Bertz CT molecular complexity index is 224. The van der Waals surface area contributed by atoms with E-state index in [-0.39, 0.29) is 0 Å². The van der Waals surface area contributed by atoms with E-state index >= 15 is 0 Å². The number of carbonyl (C=O) groups excluding carboxylic acids is 1. The molecule has 0 saturated heterocycles. The third-order valence-electron chi connectivity index (χ3n) is 0.950. The molecule has 10 heavy (non-hydrogen) atoms. The van der Waals surface area contributed by atoms with Gasteiger partial charge in [0.2, 0.25) is 0 Å². The fourth-order valence-corrected chi connectivity index (χ4v) is 0.705. The molecular weight excluding hydrogens is 197 g/mol. The van der Waals surface area contributed by atoms with Gasteiger partial charge in [-0.3, -0.25) is 0 Å². The van der Waals surface area contributed by atoms with E-state index in [4.69, 9.17) is 0 Å². The predicted molar refractivity (Wildman–Crippen MR) is 35.4 cm³/mol. The average molecular weight is 201 g/mol. The van der Waals surface area contributed by atoms with E-state index < -0.39 is 5.97 Å². The molecule has 0 atom stereocenters. The first-order valence-electron chi connectivity index (χ1n) is 2.60. The number of aromatic nitrogens is 1. The fraction of sp³-hybridized carbons (Fsp3) is 0. The van der Waals surface area contributed by atoms with Crippen molar-refractivity contribution in [2.24, 2.45) is 0 Å². The minimum atomic E-state index is -0.458. The van der Waals surface area contributed by atoms with Gasteiger partial charge in [0.25, 0.3) is 0 Å². The van der Waals surface area contributed by atoms with Crippen LogP contribution in [0.1, 0.15) is 10.5 Å². The molecule has 0 aromatic carbocycles. The number of hydrogen-bond acceptors (Lipinski definition) is 3. The van der Waals surface area contributed by atoms with Crippen LogP contribution in [0.5, 0.6) is 0 Å². The third-order valence-corrected chi connectivity index (χ3v) is 1.27. The van der Waals surface area contributed by atoms with Crippen molar-refractivity contribution in [3.05, 3.63) is 30.1 Å². The van der Waals surface area contributed by atoms with Gasteiger partial charge in [-0.2, -0.15) is 0 Å². The Hall–Kier alpha value is -0.861. The molecule has 1 aromatic rings. The van der Waals surface area contributed by atoms with Crippen molar-refractivity contribution in [2.75, 3.05) is 0 Å². The first kappa shape index (κ1) is 7.25. The molecule has 3 nitrogen and oxygen atoms in total. The van der Waals surface area contributed by atoms with Crippen molar-refractivity contribution in [3.8, 4) is 0 Å². The second-order valence-corrected chi connectivity index (χ2v) is 1.94. The molecule has 0 unspecified atom stereocenters. The van der Waals surface area contributed by atoms with Crippen LogP contribution in [0.3, 0.4) is 0 Å². The summed E-state index contributed by atoms with van der Waals surface area (Å²) in [6.45, 7) is 0. The zero-order chi connectivity index (χ0) is 7.40. The summed E-state index contributed by atoms with van der Waals surface area (Å²) in [7, 11) is 0. The molecular formula is C6H4NO2Se. The van der Waals surface area contributed by atoms with Crippen LogP contribution in [0.25, 0.3) is 0 Å². The van der Waals surface area contributed by atoms with Crippen molar-refractivity contribution < 1.29 is 8.61 Å². The van der Waals surface area contributed by atoms with Gasteiger partial charge in [-0.15, -0.1) is 0 Å². The summed E-state index contributed by atoms with van der Waals surface area (Å²) in [4.78, 5) is 14.5. The molecule has 1 radical (unpaired) electrons. The quantitative estimate of drug-likeness (QED) is 0.614. The average Bonchev–Trinajstić information content (AvgIpc) is 2.05. The first-order valence-corrected chi connectivity index (χ1v) is 3.29. The first-order chi connectivity index (χ1) is 4.84. The molecule has 0 fully saturated rings. The van der Waals surface area contributed by atoms with Gasteiger partial charge in [-0.05, 0) is 0 Å².